The lowest BCUT2D eigenvalue weighted by Gasteiger charge is -2.14. The molecule has 1 unspecified atom stereocenters. The molecule has 0 saturated carbocycles. The summed E-state index contributed by atoms with van der Waals surface area (Å²) in [5.74, 6) is 0.550. The quantitative estimate of drug-likeness (QED) is 0.594. The number of hydrogen-bond acceptors (Lipinski definition) is 4. The van der Waals surface area contributed by atoms with Crippen LogP contribution in [0.5, 0.6) is 0 Å². The monoisotopic (exact) mass is 348 g/mol. The summed E-state index contributed by atoms with van der Waals surface area (Å²) < 4.78 is 7.88. The van der Waals surface area contributed by atoms with Gasteiger partial charge in [0.15, 0.2) is 5.43 Å². The maximum absolute atomic E-state index is 13.1. The van der Waals surface area contributed by atoms with E-state index in [2.05, 4.69) is 5.10 Å². The van der Waals surface area contributed by atoms with Gasteiger partial charge in [-0.1, -0.05) is 6.07 Å². The molecule has 26 heavy (non-hydrogen) atoms. The summed E-state index contributed by atoms with van der Waals surface area (Å²) in [6.45, 7) is 5.32. The molecular weight excluding hydrogens is 328 g/mol. The lowest BCUT2D eigenvalue weighted by atomic mass is 9.96. The molecule has 0 aliphatic heterocycles. The highest BCUT2D eigenvalue weighted by atomic mass is 16.3. The van der Waals surface area contributed by atoms with Gasteiger partial charge in [-0.25, -0.2) is 0 Å². The molecule has 0 aliphatic rings. The fourth-order valence-corrected chi connectivity index (χ4v) is 3.60. The average Bonchev–Trinajstić information content (AvgIpc) is 2.97. The minimum atomic E-state index is -0.737. The second-order valence-corrected chi connectivity index (χ2v) is 6.81. The zero-order chi connectivity index (χ0) is 18.6. The van der Waals surface area contributed by atoms with Gasteiger partial charge in [0.25, 0.3) is 0 Å². The van der Waals surface area contributed by atoms with E-state index in [1.165, 1.54) is 0 Å². The lowest BCUT2D eigenvalue weighted by Crippen LogP contribution is -2.12. The number of rotatable bonds is 2. The Morgan fingerprint density at radius 1 is 1.19 bits per heavy atom. The number of hydrogen-bond donors (Lipinski definition) is 1. The fraction of sp³-hybridized carbons (Fsp3) is 0.238. The lowest BCUT2D eigenvalue weighted by molar-refractivity contribution is 0.200. The molecule has 0 amide bonds. The summed E-state index contributed by atoms with van der Waals surface area (Å²) in [7, 11) is 1.88. The molecule has 4 aromatic rings. The molecule has 0 radical (unpaired) electrons. The summed E-state index contributed by atoms with van der Waals surface area (Å²) in [5, 5.41) is 16.0. The smallest absolute Gasteiger partial charge is 0.196 e. The molecule has 0 fully saturated rings. The zero-order valence-corrected chi connectivity index (χ0v) is 15.2. The average molecular weight is 348 g/mol. The van der Waals surface area contributed by atoms with Crippen LogP contribution >= 0.6 is 0 Å². The van der Waals surface area contributed by atoms with Crippen LogP contribution in [0.15, 0.2) is 45.7 Å². The zero-order valence-electron chi connectivity index (χ0n) is 15.2. The highest BCUT2D eigenvalue weighted by Gasteiger charge is 2.19. The van der Waals surface area contributed by atoms with Crippen LogP contribution in [0.3, 0.4) is 0 Å². The van der Waals surface area contributed by atoms with Crippen molar-refractivity contribution in [1.82, 2.24) is 9.78 Å². The Labute approximate surface area is 150 Å². The van der Waals surface area contributed by atoms with Crippen LogP contribution < -0.4 is 5.43 Å². The molecule has 5 nitrogen and oxygen atoms in total. The minimum absolute atomic E-state index is 0.105. The molecule has 0 bridgehead atoms. The van der Waals surface area contributed by atoms with E-state index in [0.717, 1.165) is 22.0 Å². The van der Waals surface area contributed by atoms with Crippen molar-refractivity contribution in [2.75, 3.05) is 0 Å². The summed E-state index contributed by atoms with van der Waals surface area (Å²) in [4.78, 5) is 13.1. The first-order chi connectivity index (χ1) is 12.4. The topological polar surface area (TPSA) is 68.3 Å². The van der Waals surface area contributed by atoms with E-state index in [0.29, 0.717) is 27.9 Å². The van der Waals surface area contributed by atoms with E-state index in [-0.39, 0.29) is 5.43 Å². The standard InChI is InChI=1S/C21H20N2O3/c1-11-5-8-17-19(18(11)13(3)24)20(25)12(2)21(26-17)14-6-7-16-15(9-14)10-23(4)22-16/h5-10,13,24H,1-4H3. The van der Waals surface area contributed by atoms with Gasteiger partial charge in [-0.05, 0) is 56.2 Å². The van der Waals surface area contributed by atoms with E-state index < -0.39 is 6.10 Å². The van der Waals surface area contributed by atoms with E-state index in [1.807, 2.05) is 44.4 Å². The van der Waals surface area contributed by atoms with Crippen molar-refractivity contribution in [3.63, 3.8) is 0 Å². The van der Waals surface area contributed by atoms with Gasteiger partial charge >= 0.3 is 0 Å². The molecule has 2 heterocycles. The van der Waals surface area contributed by atoms with Crippen molar-refractivity contribution >= 4 is 21.9 Å². The second kappa shape index (κ2) is 5.81. The second-order valence-electron chi connectivity index (χ2n) is 6.81. The Morgan fingerprint density at radius 2 is 1.96 bits per heavy atom. The van der Waals surface area contributed by atoms with E-state index in [1.54, 1.807) is 24.6 Å². The molecule has 132 valence electrons. The third-order valence-electron chi connectivity index (χ3n) is 4.84. The Balaban J connectivity index is 2.03. The Morgan fingerprint density at radius 3 is 2.69 bits per heavy atom. The van der Waals surface area contributed by atoms with E-state index in [4.69, 9.17) is 4.42 Å². The number of aryl methyl sites for hydroxylation is 2. The fourth-order valence-electron chi connectivity index (χ4n) is 3.60. The number of benzene rings is 2. The van der Waals surface area contributed by atoms with Crippen LogP contribution in [0.25, 0.3) is 33.2 Å². The summed E-state index contributed by atoms with van der Waals surface area (Å²) in [6.07, 6.45) is 1.20. The molecule has 0 spiro atoms. The van der Waals surface area contributed by atoms with Gasteiger partial charge in [0.2, 0.25) is 0 Å². The van der Waals surface area contributed by atoms with Gasteiger partial charge in [-0.15, -0.1) is 0 Å². The van der Waals surface area contributed by atoms with Gasteiger partial charge in [0.1, 0.15) is 11.3 Å². The Hall–Kier alpha value is -2.92. The molecule has 2 aromatic heterocycles. The summed E-state index contributed by atoms with van der Waals surface area (Å²) in [6, 6.07) is 9.48. The normalized spacial score (nSPS) is 12.8. The van der Waals surface area contributed by atoms with Crippen molar-refractivity contribution in [3.8, 4) is 11.3 Å². The number of aliphatic hydroxyl groups is 1. The van der Waals surface area contributed by atoms with Gasteiger partial charge < -0.3 is 9.52 Å². The molecule has 2 aromatic carbocycles. The van der Waals surface area contributed by atoms with Crippen LogP contribution in [0, 0.1) is 13.8 Å². The Kier molecular flexibility index (Phi) is 3.70. The van der Waals surface area contributed by atoms with Gasteiger partial charge in [0.05, 0.1) is 17.0 Å². The number of aliphatic hydroxyl groups excluding tert-OH is 1. The first-order valence-electron chi connectivity index (χ1n) is 8.55. The maximum Gasteiger partial charge on any atom is 0.196 e. The highest BCUT2D eigenvalue weighted by Crippen LogP contribution is 2.31. The highest BCUT2D eigenvalue weighted by molar-refractivity contribution is 5.87. The number of fused-ring (bicyclic) bond motifs is 2. The van der Waals surface area contributed by atoms with Crippen LogP contribution in [-0.2, 0) is 7.05 Å². The number of aromatic nitrogens is 2. The summed E-state index contributed by atoms with van der Waals surface area (Å²) >= 11 is 0. The van der Waals surface area contributed by atoms with Crippen molar-refractivity contribution in [3.05, 3.63) is 63.4 Å². The first-order valence-corrected chi connectivity index (χ1v) is 8.55. The predicted octanol–water partition coefficient (Wildman–Crippen LogP) is 4.02. The first kappa shape index (κ1) is 16.5. The van der Waals surface area contributed by atoms with Crippen molar-refractivity contribution < 1.29 is 9.52 Å². The van der Waals surface area contributed by atoms with Crippen LogP contribution in [0.2, 0.25) is 0 Å². The van der Waals surface area contributed by atoms with Gasteiger partial charge in [-0.2, -0.15) is 5.10 Å². The van der Waals surface area contributed by atoms with Crippen LogP contribution in [0.1, 0.15) is 29.7 Å². The van der Waals surface area contributed by atoms with Crippen molar-refractivity contribution in [1.29, 1.82) is 0 Å². The van der Waals surface area contributed by atoms with E-state index in [9.17, 15) is 9.90 Å². The number of nitrogens with zero attached hydrogens (tertiary/aromatic N) is 2. The molecule has 0 aliphatic carbocycles. The molecule has 5 heteroatoms. The van der Waals surface area contributed by atoms with Crippen molar-refractivity contribution in [2.24, 2.45) is 7.05 Å². The molecule has 4 rings (SSSR count). The third-order valence-corrected chi connectivity index (χ3v) is 4.84. The maximum atomic E-state index is 13.1. The van der Waals surface area contributed by atoms with Crippen LogP contribution in [0.4, 0.5) is 0 Å². The summed E-state index contributed by atoms with van der Waals surface area (Å²) in [5.41, 5.74) is 4.16. The molecule has 0 saturated heterocycles. The molecule has 1 N–H and O–H groups in total. The predicted molar refractivity (Wildman–Crippen MR) is 102 cm³/mol. The Bertz CT molecular complexity index is 1220. The van der Waals surface area contributed by atoms with Gasteiger partial charge in [-0.3, -0.25) is 9.48 Å². The largest absolute Gasteiger partial charge is 0.456 e. The van der Waals surface area contributed by atoms with Crippen molar-refractivity contribution in [2.45, 2.75) is 26.9 Å². The minimum Gasteiger partial charge on any atom is -0.456 e. The van der Waals surface area contributed by atoms with Gasteiger partial charge in [0, 0.05) is 29.8 Å². The van der Waals surface area contributed by atoms with E-state index >= 15 is 0 Å². The SMILES string of the molecule is Cc1ccc2oc(-c3ccc4nn(C)cc4c3)c(C)c(=O)c2c1C(C)O. The molecular formula is C21H20N2O3. The van der Waals surface area contributed by atoms with Crippen LogP contribution in [-0.4, -0.2) is 14.9 Å². The molecule has 1 atom stereocenters. The third kappa shape index (κ3) is 2.44.